The Hall–Kier alpha value is -1.13. The molecule has 0 bridgehead atoms. The Morgan fingerprint density at radius 2 is 1.76 bits per heavy atom. The van der Waals surface area contributed by atoms with Gasteiger partial charge in [0.1, 0.15) is 5.15 Å². The Morgan fingerprint density at radius 3 is 2.35 bits per heavy atom. The van der Waals surface area contributed by atoms with E-state index in [4.69, 9.17) is 11.6 Å². The van der Waals surface area contributed by atoms with E-state index in [-0.39, 0.29) is 0 Å². The van der Waals surface area contributed by atoms with E-state index in [1.807, 2.05) is 13.8 Å². The van der Waals surface area contributed by atoms with Crippen LogP contribution in [0.4, 0.5) is 0 Å². The van der Waals surface area contributed by atoms with Crippen LogP contribution < -0.4 is 0 Å². The second kappa shape index (κ2) is 5.47. The van der Waals surface area contributed by atoms with Crippen LogP contribution in [0.25, 0.3) is 10.9 Å². The van der Waals surface area contributed by atoms with Crippen LogP contribution in [0.1, 0.15) is 13.8 Å². The molecule has 2 rings (SSSR count). The maximum atomic E-state index is 11.3. The van der Waals surface area contributed by atoms with E-state index in [0.29, 0.717) is 15.6 Å². The number of sulfone groups is 1. The van der Waals surface area contributed by atoms with Crippen molar-refractivity contribution >= 4 is 32.3 Å². The topological polar surface area (TPSA) is 47.0 Å². The highest BCUT2D eigenvalue weighted by atomic mass is 35.5. The van der Waals surface area contributed by atoms with Crippen molar-refractivity contribution in [1.82, 2.24) is 4.98 Å². The van der Waals surface area contributed by atoms with Gasteiger partial charge in [0, 0.05) is 11.6 Å². The average Bonchev–Trinajstić information content (AvgIpc) is 2.29. The zero-order chi connectivity index (χ0) is 13.1. The largest absolute Gasteiger partial charge is 0.236 e. The minimum atomic E-state index is -3.17. The number of aromatic nitrogens is 1. The minimum Gasteiger partial charge on any atom is -0.236 e. The Kier molecular flexibility index (Phi) is 4.48. The summed E-state index contributed by atoms with van der Waals surface area (Å²) in [5.74, 6) is 0. The molecule has 92 valence electrons. The third-order valence-electron chi connectivity index (χ3n) is 2.05. The molecule has 0 aliphatic rings. The van der Waals surface area contributed by atoms with E-state index >= 15 is 0 Å². The molecule has 0 radical (unpaired) electrons. The summed E-state index contributed by atoms with van der Waals surface area (Å²) in [6.45, 7) is 4.00. The molecule has 0 fully saturated rings. The molecule has 2 aromatic rings. The maximum Gasteiger partial charge on any atom is 0.175 e. The zero-order valence-corrected chi connectivity index (χ0v) is 11.5. The number of pyridine rings is 1. The molecule has 0 saturated heterocycles. The molecule has 1 heterocycles. The molecule has 0 atom stereocenters. The van der Waals surface area contributed by atoms with Crippen molar-refractivity contribution < 1.29 is 8.42 Å². The lowest BCUT2D eigenvalue weighted by atomic mass is 10.2. The predicted octanol–water partition coefficient (Wildman–Crippen LogP) is 3.32. The van der Waals surface area contributed by atoms with Gasteiger partial charge in [-0.25, -0.2) is 13.4 Å². The summed E-state index contributed by atoms with van der Waals surface area (Å²) in [5, 5.41) is 1.16. The first-order chi connectivity index (χ1) is 7.97. The molecule has 17 heavy (non-hydrogen) atoms. The van der Waals surface area contributed by atoms with Gasteiger partial charge in [0.05, 0.1) is 10.4 Å². The molecule has 3 nitrogen and oxygen atoms in total. The van der Waals surface area contributed by atoms with E-state index in [0.717, 1.165) is 5.39 Å². The maximum absolute atomic E-state index is 11.3. The summed E-state index contributed by atoms with van der Waals surface area (Å²) < 4.78 is 22.6. The van der Waals surface area contributed by atoms with Crippen LogP contribution in [0.3, 0.4) is 0 Å². The molecule has 0 unspecified atom stereocenters. The van der Waals surface area contributed by atoms with E-state index in [2.05, 4.69) is 4.98 Å². The number of rotatable bonds is 1. The number of nitrogens with zero attached hydrogens (tertiary/aromatic N) is 1. The Bertz CT molecular complexity index is 623. The molecular formula is C12H14ClNO2S. The van der Waals surface area contributed by atoms with Gasteiger partial charge in [-0.1, -0.05) is 25.4 Å². The highest BCUT2D eigenvalue weighted by molar-refractivity contribution is 7.90. The average molecular weight is 272 g/mol. The van der Waals surface area contributed by atoms with E-state index < -0.39 is 9.84 Å². The van der Waals surface area contributed by atoms with Gasteiger partial charge in [0.15, 0.2) is 9.84 Å². The van der Waals surface area contributed by atoms with Crippen LogP contribution in [0.2, 0.25) is 5.15 Å². The van der Waals surface area contributed by atoms with Crippen LogP contribution in [0.5, 0.6) is 0 Å². The van der Waals surface area contributed by atoms with Gasteiger partial charge in [-0.3, -0.25) is 0 Å². The lowest BCUT2D eigenvalue weighted by Crippen LogP contribution is -1.96. The fourth-order valence-electron chi connectivity index (χ4n) is 1.31. The molecule has 0 aliphatic heterocycles. The highest BCUT2D eigenvalue weighted by Gasteiger charge is 2.07. The minimum absolute atomic E-state index is 0.291. The molecule has 0 N–H and O–H groups in total. The second-order valence-electron chi connectivity index (χ2n) is 3.26. The van der Waals surface area contributed by atoms with Gasteiger partial charge in [-0.15, -0.1) is 0 Å². The molecule has 0 saturated carbocycles. The summed E-state index contributed by atoms with van der Waals surface area (Å²) >= 11 is 5.72. The summed E-state index contributed by atoms with van der Waals surface area (Å²) in [6, 6.07) is 8.15. The number of halogens is 1. The predicted molar refractivity (Wildman–Crippen MR) is 71.2 cm³/mol. The Labute approximate surface area is 106 Å². The van der Waals surface area contributed by atoms with Gasteiger partial charge < -0.3 is 0 Å². The van der Waals surface area contributed by atoms with E-state index in [9.17, 15) is 8.42 Å². The van der Waals surface area contributed by atoms with Crippen molar-refractivity contribution in [1.29, 1.82) is 0 Å². The standard InChI is InChI=1S/C10H8ClNO2S.C2H6/c1-15(13,14)8-3-4-9-7(6-8)2-5-10(11)12-9;1-2/h2-6H,1H3;1-2H3. The van der Waals surface area contributed by atoms with E-state index in [1.54, 1.807) is 24.3 Å². The van der Waals surface area contributed by atoms with Crippen LogP contribution in [0, 0.1) is 0 Å². The lowest BCUT2D eigenvalue weighted by molar-refractivity contribution is 0.602. The first kappa shape index (κ1) is 13.9. The normalized spacial score (nSPS) is 10.8. The molecule has 0 spiro atoms. The number of hydrogen-bond acceptors (Lipinski definition) is 3. The lowest BCUT2D eigenvalue weighted by Gasteiger charge is -2.01. The fourth-order valence-corrected chi connectivity index (χ4v) is 2.12. The first-order valence-electron chi connectivity index (χ1n) is 5.23. The number of benzene rings is 1. The van der Waals surface area contributed by atoms with Crippen molar-refractivity contribution in [3.05, 3.63) is 35.5 Å². The van der Waals surface area contributed by atoms with Gasteiger partial charge >= 0.3 is 0 Å². The van der Waals surface area contributed by atoms with Gasteiger partial charge in [-0.05, 0) is 30.3 Å². The van der Waals surface area contributed by atoms with Crippen LogP contribution >= 0.6 is 11.6 Å². The SMILES string of the molecule is CC.CS(=O)(=O)c1ccc2nc(Cl)ccc2c1. The zero-order valence-electron chi connectivity index (χ0n) is 9.94. The molecule has 0 amide bonds. The second-order valence-corrected chi connectivity index (χ2v) is 5.66. The monoisotopic (exact) mass is 271 g/mol. The van der Waals surface area contributed by atoms with Gasteiger partial charge in [0.2, 0.25) is 0 Å². The molecule has 1 aromatic heterocycles. The van der Waals surface area contributed by atoms with Crippen molar-refractivity contribution in [2.75, 3.05) is 6.26 Å². The first-order valence-corrected chi connectivity index (χ1v) is 7.50. The summed E-state index contributed by atoms with van der Waals surface area (Å²) in [5.41, 5.74) is 0.690. The quantitative estimate of drug-likeness (QED) is 0.748. The van der Waals surface area contributed by atoms with Crippen molar-refractivity contribution in [3.8, 4) is 0 Å². The van der Waals surface area contributed by atoms with Crippen LogP contribution in [-0.4, -0.2) is 19.7 Å². The molecule has 1 aromatic carbocycles. The number of fused-ring (bicyclic) bond motifs is 1. The van der Waals surface area contributed by atoms with Gasteiger partial charge in [0.25, 0.3) is 0 Å². The van der Waals surface area contributed by atoms with Crippen molar-refractivity contribution in [3.63, 3.8) is 0 Å². The smallest absolute Gasteiger partial charge is 0.175 e. The summed E-state index contributed by atoms with van der Waals surface area (Å²) in [7, 11) is -3.17. The van der Waals surface area contributed by atoms with E-state index in [1.165, 1.54) is 12.3 Å². The molecule has 0 aliphatic carbocycles. The van der Waals surface area contributed by atoms with Gasteiger partial charge in [-0.2, -0.15) is 0 Å². The van der Waals surface area contributed by atoms with Crippen molar-refractivity contribution in [2.24, 2.45) is 0 Å². The molecule has 5 heteroatoms. The highest BCUT2D eigenvalue weighted by Crippen LogP contribution is 2.19. The third-order valence-corrected chi connectivity index (χ3v) is 3.38. The summed E-state index contributed by atoms with van der Waals surface area (Å²) in [4.78, 5) is 4.36. The third kappa shape index (κ3) is 3.41. The fraction of sp³-hybridized carbons (Fsp3) is 0.250. The molecular weight excluding hydrogens is 258 g/mol. The van der Waals surface area contributed by atoms with Crippen molar-refractivity contribution in [2.45, 2.75) is 18.7 Å². The van der Waals surface area contributed by atoms with Crippen LogP contribution in [-0.2, 0) is 9.84 Å². The summed E-state index contributed by atoms with van der Waals surface area (Å²) in [6.07, 6.45) is 1.18. The Morgan fingerprint density at radius 1 is 1.12 bits per heavy atom. The Balaban J connectivity index is 0.000000686. The van der Waals surface area contributed by atoms with Crippen LogP contribution in [0.15, 0.2) is 35.2 Å². The number of hydrogen-bond donors (Lipinski definition) is 0.